The third kappa shape index (κ3) is 5.12. The van der Waals surface area contributed by atoms with Crippen LogP contribution < -0.4 is 15.4 Å². The number of ketones is 2. The predicted molar refractivity (Wildman–Crippen MR) is 154 cm³/mol. The third-order valence-corrected chi connectivity index (χ3v) is 9.84. The SMILES string of the molecule is NS(=O)(=O)c1nnc(NC(=O)c2ccc(N3C4=C(C(=O)CCC4)C(c4ccc(Cl)cc4)C4=C3CCCC4=O)cc2)s1. The number of rotatable bonds is 5. The van der Waals surface area contributed by atoms with E-state index in [1.807, 2.05) is 17.0 Å². The molecule has 2 heterocycles. The average Bonchev–Trinajstić information content (AvgIpc) is 3.42. The van der Waals surface area contributed by atoms with Crippen molar-refractivity contribution in [3.8, 4) is 0 Å². The van der Waals surface area contributed by atoms with E-state index >= 15 is 0 Å². The molecule has 0 atom stereocenters. The van der Waals surface area contributed by atoms with Crippen LogP contribution in [0.3, 0.4) is 0 Å². The molecule has 0 fully saturated rings. The van der Waals surface area contributed by atoms with Crippen molar-refractivity contribution in [3.05, 3.63) is 87.2 Å². The van der Waals surface area contributed by atoms with Gasteiger partial charge >= 0.3 is 0 Å². The number of benzene rings is 2. The lowest BCUT2D eigenvalue weighted by Crippen LogP contribution is -2.39. The van der Waals surface area contributed by atoms with Crippen LogP contribution in [0, 0.1) is 0 Å². The molecule has 2 aliphatic carbocycles. The number of anilines is 2. The van der Waals surface area contributed by atoms with Crippen LogP contribution in [-0.4, -0.2) is 36.1 Å². The van der Waals surface area contributed by atoms with Crippen molar-refractivity contribution in [3.63, 3.8) is 0 Å². The van der Waals surface area contributed by atoms with Gasteiger partial charge in [-0.3, -0.25) is 19.7 Å². The molecule has 0 saturated heterocycles. The highest BCUT2D eigenvalue weighted by molar-refractivity contribution is 7.91. The summed E-state index contributed by atoms with van der Waals surface area (Å²) in [6, 6.07) is 14.2. The molecule has 2 aromatic carbocycles. The Balaban J connectivity index is 1.38. The predicted octanol–water partition coefficient (Wildman–Crippen LogP) is 4.71. The van der Waals surface area contributed by atoms with Crippen molar-refractivity contribution in [2.24, 2.45) is 5.14 Å². The van der Waals surface area contributed by atoms with E-state index in [-0.39, 0.29) is 16.7 Å². The van der Waals surface area contributed by atoms with E-state index < -0.39 is 26.2 Å². The molecule has 0 spiro atoms. The van der Waals surface area contributed by atoms with Crippen molar-refractivity contribution >= 4 is 61.3 Å². The van der Waals surface area contributed by atoms with Gasteiger partial charge in [0.1, 0.15) is 0 Å². The lowest BCUT2D eigenvalue weighted by atomic mass is 9.71. The maximum absolute atomic E-state index is 13.5. The minimum atomic E-state index is -4.03. The molecule has 0 radical (unpaired) electrons. The van der Waals surface area contributed by atoms with Crippen molar-refractivity contribution in [2.45, 2.75) is 48.8 Å². The molecule has 3 aliphatic rings. The standard InChI is InChI=1S/C28H24ClN5O5S2/c29-17-11-7-15(8-12-17)23-24-19(3-1-5-21(24)35)34(20-4-2-6-22(36)25(20)23)18-13-9-16(10-14-18)26(37)31-27-32-33-28(40-27)41(30,38)39/h7-14,23H,1-6H2,(H2,30,38,39)(H,31,32,37). The number of allylic oxidation sites excluding steroid dienone is 4. The first kappa shape index (κ1) is 27.5. The fourth-order valence-electron chi connectivity index (χ4n) is 5.73. The van der Waals surface area contributed by atoms with Gasteiger partial charge in [-0.15, -0.1) is 10.2 Å². The first-order valence-corrected chi connectivity index (χ1v) is 15.7. The van der Waals surface area contributed by atoms with Gasteiger partial charge in [0.25, 0.3) is 15.9 Å². The molecule has 6 rings (SSSR count). The Kier molecular flexibility index (Phi) is 7.10. The number of Topliss-reactive ketones (excluding diaryl/α,β-unsaturated/α-hetero) is 2. The Morgan fingerprint density at radius 2 is 1.49 bits per heavy atom. The molecule has 210 valence electrons. The summed E-state index contributed by atoms with van der Waals surface area (Å²) in [6.07, 6.45) is 3.63. The number of aromatic nitrogens is 2. The lowest BCUT2D eigenvalue weighted by Gasteiger charge is -2.44. The van der Waals surface area contributed by atoms with Crippen LogP contribution in [0.5, 0.6) is 0 Å². The minimum Gasteiger partial charge on any atom is -0.317 e. The number of nitrogens with one attached hydrogen (secondary N) is 1. The van der Waals surface area contributed by atoms with E-state index in [1.54, 1.807) is 36.4 Å². The maximum Gasteiger partial charge on any atom is 0.267 e. The van der Waals surface area contributed by atoms with Crippen LogP contribution in [0.1, 0.15) is 60.4 Å². The summed E-state index contributed by atoms with van der Waals surface area (Å²) in [5.41, 5.74) is 4.99. The second kappa shape index (κ2) is 10.6. The first-order chi connectivity index (χ1) is 19.6. The zero-order chi connectivity index (χ0) is 28.9. The minimum absolute atomic E-state index is 0.00148. The smallest absolute Gasteiger partial charge is 0.267 e. The van der Waals surface area contributed by atoms with Crippen LogP contribution in [0.2, 0.25) is 5.02 Å². The molecule has 0 saturated carbocycles. The number of halogens is 1. The molecule has 13 heteroatoms. The molecule has 3 aromatic rings. The highest BCUT2D eigenvalue weighted by Gasteiger charge is 2.43. The number of sulfonamides is 1. The van der Waals surface area contributed by atoms with E-state index in [0.29, 0.717) is 71.6 Å². The van der Waals surface area contributed by atoms with Gasteiger partial charge in [-0.2, -0.15) is 0 Å². The van der Waals surface area contributed by atoms with Gasteiger partial charge in [-0.05, 0) is 67.6 Å². The fourth-order valence-corrected chi connectivity index (χ4v) is 7.18. The van der Waals surface area contributed by atoms with E-state index in [4.69, 9.17) is 16.7 Å². The van der Waals surface area contributed by atoms with Crippen molar-refractivity contribution < 1.29 is 22.8 Å². The fraction of sp³-hybridized carbons (Fsp3) is 0.250. The molecular weight excluding hydrogens is 586 g/mol. The summed E-state index contributed by atoms with van der Waals surface area (Å²) >= 11 is 6.81. The number of hydrogen-bond donors (Lipinski definition) is 2. The van der Waals surface area contributed by atoms with Gasteiger partial charge in [0.15, 0.2) is 11.6 Å². The number of carbonyl (C=O) groups excluding carboxylic acids is 3. The summed E-state index contributed by atoms with van der Waals surface area (Å²) in [6.45, 7) is 0. The van der Waals surface area contributed by atoms with Gasteiger partial charge in [0.2, 0.25) is 9.47 Å². The molecule has 3 N–H and O–H groups in total. The van der Waals surface area contributed by atoms with Gasteiger partial charge in [-0.25, -0.2) is 13.6 Å². The van der Waals surface area contributed by atoms with Crippen molar-refractivity contribution in [2.75, 3.05) is 10.2 Å². The van der Waals surface area contributed by atoms with Crippen LogP contribution in [0.4, 0.5) is 10.8 Å². The normalized spacial score (nSPS) is 18.0. The Morgan fingerprint density at radius 1 is 0.902 bits per heavy atom. The highest BCUT2D eigenvalue weighted by atomic mass is 35.5. The van der Waals surface area contributed by atoms with E-state index in [1.165, 1.54) is 0 Å². The second-order valence-corrected chi connectivity index (χ2v) is 13.2. The van der Waals surface area contributed by atoms with Gasteiger partial charge < -0.3 is 4.90 Å². The van der Waals surface area contributed by atoms with Crippen LogP contribution in [-0.2, 0) is 19.6 Å². The number of amides is 1. The molecule has 41 heavy (non-hydrogen) atoms. The van der Waals surface area contributed by atoms with Crippen LogP contribution in [0.15, 0.2) is 75.4 Å². The molecule has 1 aromatic heterocycles. The van der Waals surface area contributed by atoms with Crippen molar-refractivity contribution in [1.82, 2.24) is 10.2 Å². The monoisotopic (exact) mass is 609 g/mol. The Bertz CT molecular complexity index is 1720. The first-order valence-electron chi connectivity index (χ1n) is 13.0. The molecule has 1 aliphatic heterocycles. The number of carbonyl (C=O) groups is 3. The number of primary sulfonamides is 1. The number of hydrogen-bond acceptors (Lipinski definition) is 9. The lowest BCUT2D eigenvalue weighted by molar-refractivity contribution is -0.116. The second-order valence-electron chi connectivity index (χ2n) is 10.0. The zero-order valence-electron chi connectivity index (χ0n) is 21.6. The zero-order valence-corrected chi connectivity index (χ0v) is 24.0. The van der Waals surface area contributed by atoms with Gasteiger partial charge in [0, 0.05) is 57.6 Å². The highest BCUT2D eigenvalue weighted by Crippen LogP contribution is 2.50. The van der Waals surface area contributed by atoms with Crippen LogP contribution >= 0.6 is 22.9 Å². The number of nitrogens with zero attached hydrogens (tertiary/aromatic N) is 3. The number of nitrogens with two attached hydrogens (primary N) is 1. The molecule has 0 bridgehead atoms. The van der Waals surface area contributed by atoms with Gasteiger partial charge in [-0.1, -0.05) is 35.1 Å². The average molecular weight is 610 g/mol. The summed E-state index contributed by atoms with van der Waals surface area (Å²) in [5, 5.41) is 15.3. The summed E-state index contributed by atoms with van der Waals surface area (Å²) in [5.74, 6) is -0.870. The summed E-state index contributed by atoms with van der Waals surface area (Å²) < 4.78 is 22.5. The molecular formula is C28H24ClN5O5S2. The van der Waals surface area contributed by atoms with E-state index in [9.17, 15) is 22.8 Å². The van der Waals surface area contributed by atoms with Crippen molar-refractivity contribution in [1.29, 1.82) is 0 Å². The molecule has 0 unspecified atom stereocenters. The van der Waals surface area contributed by atoms with Crippen LogP contribution in [0.25, 0.3) is 0 Å². The Hall–Kier alpha value is -3.71. The van der Waals surface area contributed by atoms with Gasteiger partial charge in [0.05, 0.1) is 0 Å². The van der Waals surface area contributed by atoms with E-state index in [0.717, 1.165) is 22.6 Å². The van der Waals surface area contributed by atoms with E-state index in [2.05, 4.69) is 15.5 Å². The summed E-state index contributed by atoms with van der Waals surface area (Å²) in [4.78, 5) is 41.8. The largest absolute Gasteiger partial charge is 0.317 e. The quantitative estimate of drug-likeness (QED) is 0.395. The molecule has 1 amide bonds. The Morgan fingerprint density at radius 3 is 2.02 bits per heavy atom. The maximum atomic E-state index is 13.5. The third-order valence-electron chi connectivity index (χ3n) is 7.44. The topological polar surface area (TPSA) is 152 Å². The Labute approximate surface area is 245 Å². The summed E-state index contributed by atoms with van der Waals surface area (Å²) in [7, 11) is -4.03. The molecule has 10 nitrogen and oxygen atoms in total.